The fraction of sp³-hybridized carbons (Fsp3) is 0.393. The van der Waals surface area contributed by atoms with Crippen LogP contribution < -0.4 is 21.5 Å². The third-order valence-electron chi connectivity index (χ3n) is 7.15. The third kappa shape index (κ3) is 6.07. The van der Waals surface area contributed by atoms with Crippen molar-refractivity contribution in [1.29, 1.82) is 0 Å². The number of morpholine rings is 1. The van der Waals surface area contributed by atoms with E-state index in [1.807, 2.05) is 49.6 Å². The van der Waals surface area contributed by atoms with Crippen LogP contribution in [0.4, 0.5) is 17.2 Å². The van der Waals surface area contributed by atoms with Gasteiger partial charge >= 0.3 is 0 Å². The molecule has 1 atom stereocenters. The highest BCUT2D eigenvalue weighted by Crippen LogP contribution is 2.31. The summed E-state index contributed by atoms with van der Waals surface area (Å²) in [7, 11) is 0. The minimum Gasteiger partial charge on any atom is -0.378 e. The van der Waals surface area contributed by atoms with Gasteiger partial charge in [-0.1, -0.05) is 6.07 Å². The largest absolute Gasteiger partial charge is 0.378 e. The lowest BCUT2D eigenvalue weighted by Crippen LogP contribution is -2.36. The van der Waals surface area contributed by atoms with Crippen LogP contribution in [0.3, 0.4) is 0 Å². The Morgan fingerprint density at radius 2 is 1.84 bits per heavy atom. The molecular weight excluding hydrogens is 466 g/mol. The van der Waals surface area contributed by atoms with Crippen LogP contribution in [0.2, 0.25) is 0 Å². The Labute approximate surface area is 218 Å². The van der Waals surface area contributed by atoms with Crippen LogP contribution in [0.1, 0.15) is 36.8 Å². The molecule has 2 aromatic heterocycles. The zero-order valence-corrected chi connectivity index (χ0v) is 21.3. The van der Waals surface area contributed by atoms with Crippen molar-refractivity contribution in [3.63, 3.8) is 0 Å². The number of aromatic nitrogens is 2. The number of hydrogen-bond donors (Lipinski definition) is 3. The van der Waals surface area contributed by atoms with Crippen LogP contribution in [0.25, 0.3) is 11.1 Å². The lowest BCUT2D eigenvalue weighted by Gasteiger charge is -2.27. The van der Waals surface area contributed by atoms with Crippen molar-refractivity contribution < 1.29 is 9.53 Å². The zero-order valence-electron chi connectivity index (χ0n) is 21.3. The third-order valence-corrected chi connectivity index (χ3v) is 7.15. The number of benzene rings is 1. The van der Waals surface area contributed by atoms with Gasteiger partial charge in [0.05, 0.1) is 36.7 Å². The molecule has 2 aliphatic rings. The molecule has 1 aromatic carbocycles. The first-order valence-electron chi connectivity index (χ1n) is 13.0. The molecular formula is C28H35N7O2. The normalized spacial score (nSPS) is 17.0. The number of nitrogen functional groups attached to an aromatic ring is 1. The number of hydrogen-bond acceptors (Lipinski definition) is 8. The summed E-state index contributed by atoms with van der Waals surface area (Å²) in [6.45, 7) is 8.11. The standard InChI is InChI=1S/C28H35N7O2/c1-20(28(36)32-24-5-7-27(31-18-24)35-10-12-37-13-11-35)25-15-22(4-6-26(25)33-29)23-14-21(16-30-17-23)19-34-8-2-3-9-34/h4-7,14-18,20,33H,2-3,8-13,19,29H2,1H3,(H,32,36). The van der Waals surface area contributed by atoms with Gasteiger partial charge in [-0.15, -0.1) is 0 Å². The summed E-state index contributed by atoms with van der Waals surface area (Å²) in [6.07, 6.45) is 8.03. The van der Waals surface area contributed by atoms with E-state index in [0.717, 1.165) is 55.2 Å². The van der Waals surface area contributed by atoms with Gasteiger partial charge in [0.25, 0.3) is 0 Å². The van der Waals surface area contributed by atoms with Crippen LogP contribution in [-0.4, -0.2) is 60.2 Å². The number of nitrogens with two attached hydrogens (primary N) is 1. The summed E-state index contributed by atoms with van der Waals surface area (Å²) in [5, 5.41) is 3.00. The van der Waals surface area contributed by atoms with Crippen molar-refractivity contribution in [2.45, 2.75) is 32.2 Å². The van der Waals surface area contributed by atoms with Gasteiger partial charge in [0.15, 0.2) is 0 Å². The SMILES string of the molecule is CC(C(=O)Nc1ccc(N2CCOCC2)nc1)c1cc(-c2cncc(CN3CCCC3)c2)ccc1NN. The molecule has 9 heteroatoms. The maximum atomic E-state index is 13.2. The molecule has 5 rings (SSSR count). The zero-order chi connectivity index (χ0) is 25.6. The quantitative estimate of drug-likeness (QED) is 0.317. The first-order chi connectivity index (χ1) is 18.1. The van der Waals surface area contributed by atoms with Gasteiger partial charge in [0.1, 0.15) is 5.82 Å². The van der Waals surface area contributed by atoms with Crippen LogP contribution >= 0.6 is 0 Å². The van der Waals surface area contributed by atoms with Crippen LogP contribution in [0.15, 0.2) is 55.0 Å². The number of nitrogens with zero attached hydrogens (tertiary/aromatic N) is 4. The molecule has 0 spiro atoms. The highest BCUT2D eigenvalue weighted by atomic mass is 16.5. The Balaban J connectivity index is 1.30. The topological polar surface area (TPSA) is 109 Å². The molecule has 4 heterocycles. The average Bonchev–Trinajstić information content (AvgIpc) is 3.46. The van der Waals surface area contributed by atoms with Crippen LogP contribution in [0.5, 0.6) is 0 Å². The van der Waals surface area contributed by atoms with E-state index in [9.17, 15) is 4.79 Å². The maximum absolute atomic E-state index is 13.2. The van der Waals surface area contributed by atoms with Crippen molar-refractivity contribution in [2.24, 2.45) is 5.84 Å². The van der Waals surface area contributed by atoms with Crippen LogP contribution in [0, 0.1) is 0 Å². The number of pyridine rings is 2. The molecule has 9 nitrogen and oxygen atoms in total. The molecule has 37 heavy (non-hydrogen) atoms. The molecule has 0 saturated carbocycles. The Morgan fingerprint density at radius 3 is 2.57 bits per heavy atom. The minimum atomic E-state index is -0.439. The molecule has 0 radical (unpaired) electrons. The van der Waals surface area contributed by atoms with Crippen LogP contribution in [-0.2, 0) is 16.1 Å². The Morgan fingerprint density at radius 1 is 1.03 bits per heavy atom. The number of hydrazine groups is 1. The molecule has 1 unspecified atom stereocenters. The summed E-state index contributed by atoms with van der Waals surface area (Å²) in [4.78, 5) is 26.9. The van der Waals surface area contributed by atoms with Crippen molar-refractivity contribution in [3.8, 4) is 11.1 Å². The monoisotopic (exact) mass is 501 g/mol. The molecule has 2 aliphatic heterocycles. The average molecular weight is 502 g/mol. The molecule has 3 aromatic rings. The van der Waals surface area contributed by atoms with E-state index >= 15 is 0 Å². The summed E-state index contributed by atoms with van der Waals surface area (Å²) < 4.78 is 5.41. The van der Waals surface area contributed by atoms with E-state index in [1.54, 1.807) is 6.20 Å². The number of nitrogens with one attached hydrogen (secondary N) is 2. The first-order valence-corrected chi connectivity index (χ1v) is 13.0. The molecule has 0 bridgehead atoms. The number of ether oxygens (including phenoxy) is 1. The van der Waals surface area contributed by atoms with Gasteiger partial charge in [0, 0.05) is 37.6 Å². The predicted octanol–water partition coefficient (Wildman–Crippen LogP) is 3.60. The maximum Gasteiger partial charge on any atom is 0.231 e. The second kappa shape index (κ2) is 11.7. The summed E-state index contributed by atoms with van der Waals surface area (Å²) in [6, 6.07) is 12.0. The molecule has 4 N–H and O–H groups in total. The van der Waals surface area contributed by atoms with Crippen molar-refractivity contribution in [2.75, 3.05) is 55.0 Å². The lowest BCUT2D eigenvalue weighted by molar-refractivity contribution is -0.117. The van der Waals surface area contributed by atoms with E-state index in [2.05, 4.69) is 36.6 Å². The number of amides is 1. The highest BCUT2D eigenvalue weighted by Gasteiger charge is 2.21. The number of carbonyl (C=O) groups is 1. The Kier molecular flexibility index (Phi) is 7.93. The van der Waals surface area contributed by atoms with E-state index < -0.39 is 5.92 Å². The van der Waals surface area contributed by atoms with Crippen molar-refractivity contribution in [3.05, 3.63) is 66.1 Å². The van der Waals surface area contributed by atoms with E-state index in [0.29, 0.717) is 24.6 Å². The summed E-state index contributed by atoms with van der Waals surface area (Å²) >= 11 is 0. The summed E-state index contributed by atoms with van der Waals surface area (Å²) in [5.74, 6) is 6.13. The number of carbonyl (C=O) groups excluding carboxylic acids is 1. The fourth-order valence-corrected chi connectivity index (χ4v) is 4.99. The predicted molar refractivity (Wildman–Crippen MR) is 146 cm³/mol. The lowest BCUT2D eigenvalue weighted by atomic mass is 9.94. The minimum absolute atomic E-state index is 0.129. The Bertz CT molecular complexity index is 1210. The fourth-order valence-electron chi connectivity index (χ4n) is 4.99. The number of rotatable bonds is 8. The van der Waals surface area contributed by atoms with E-state index in [-0.39, 0.29) is 5.91 Å². The second-order valence-corrected chi connectivity index (χ2v) is 9.73. The molecule has 0 aliphatic carbocycles. The number of likely N-dealkylation sites (tertiary alicyclic amines) is 1. The molecule has 1 amide bonds. The van der Waals surface area contributed by atoms with Gasteiger partial charge in [0.2, 0.25) is 5.91 Å². The second-order valence-electron chi connectivity index (χ2n) is 9.73. The highest BCUT2D eigenvalue weighted by molar-refractivity contribution is 5.96. The van der Waals surface area contributed by atoms with Gasteiger partial charge in [-0.05, 0) is 79.9 Å². The number of anilines is 3. The molecule has 2 saturated heterocycles. The van der Waals surface area contributed by atoms with Gasteiger partial charge < -0.3 is 20.4 Å². The molecule has 2 fully saturated rings. The van der Waals surface area contributed by atoms with Gasteiger partial charge in [-0.2, -0.15) is 0 Å². The molecule has 194 valence electrons. The van der Waals surface area contributed by atoms with Crippen molar-refractivity contribution >= 4 is 23.1 Å². The van der Waals surface area contributed by atoms with Crippen molar-refractivity contribution in [1.82, 2.24) is 14.9 Å². The van der Waals surface area contributed by atoms with Gasteiger partial charge in [-0.3, -0.25) is 20.5 Å². The van der Waals surface area contributed by atoms with E-state index in [1.165, 1.54) is 18.4 Å². The Hall–Kier alpha value is -3.53. The summed E-state index contributed by atoms with van der Waals surface area (Å²) in [5.41, 5.74) is 8.16. The first kappa shape index (κ1) is 25.1. The smallest absolute Gasteiger partial charge is 0.231 e. The van der Waals surface area contributed by atoms with Gasteiger partial charge in [-0.25, -0.2) is 4.98 Å². The van der Waals surface area contributed by atoms with E-state index in [4.69, 9.17) is 10.6 Å².